The van der Waals surface area contributed by atoms with Gasteiger partial charge in [-0.15, -0.1) is 0 Å². The maximum Gasteiger partial charge on any atom is 0.150 e. The number of hydrogen-bond acceptors (Lipinski definition) is 5. The number of benzene rings is 3. The molecule has 1 fully saturated rings. The molecular weight excluding hydrogens is 476 g/mol. The molecule has 2 N–H and O–H groups in total. The molecule has 2 heterocycles. The number of hydrogen-bond donors (Lipinski definition) is 2. The summed E-state index contributed by atoms with van der Waals surface area (Å²) >= 11 is 0. The summed E-state index contributed by atoms with van der Waals surface area (Å²) in [5.74, 6) is 0.714. The molecule has 0 radical (unpaired) electrons. The molecule has 5 rings (SSSR count). The summed E-state index contributed by atoms with van der Waals surface area (Å²) in [7, 11) is 0. The third-order valence-corrected chi connectivity index (χ3v) is 7.36. The Hall–Kier alpha value is -3.58. The van der Waals surface area contributed by atoms with Crippen LogP contribution in [0.1, 0.15) is 43.1 Å². The molecule has 0 amide bonds. The first kappa shape index (κ1) is 25.1. The number of nitrogens with zero attached hydrogens (tertiary/aromatic N) is 1. The van der Waals surface area contributed by atoms with Gasteiger partial charge in [0.15, 0.2) is 0 Å². The number of halogens is 2. The van der Waals surface area contributed by atoms with E-state index in [-0.39, 0.29) is 30.1 Å². The minimum atomic E-state index is -0.636. The van der Waals surface area contributed by atoms with Crippen molar-refractivity contribution in [3.05, 3.63) is 83.2 Å². The Kier molecular flexibility index (Phi) is 7.07. The van der Waals surface area contributed by atoms with Crippen LogP contribution in [0.4, 0.5) is 8.78 Å². The van der Waals surface area contributed by atoms with E-state index >= 15 is 4.39 Å². The van der Waals surface area contributed by atoms with E-state index < -0.39 is 11.9 Å². The lowest BCUT2D eigenvalue weighted by Gasteiger charge is -2.31. The van der Waals surface area contributed by atoms with Gasteiger partial charge >= 0.3 is 0 Å². The fourth-order valence-electron chi connectivity index (χ4n) is 5.20. The Balaban J connectivity index is 1.40. The van der Waals surface area contributed by atoms with Crippen LogP contribution in [0.5, 0.6) is 23.0 Å². The van der Waals surface area contributed by atoms with E-state index in [1.54, 1.807) is 24.3 Å². The molecule has 0 bridgehead atoms. The highest BCUT2D eigenvalue weighted by atomic mass is 19.1. The molecule has 2 aliphatic heterocycles. The number of phenols is 2. The van der Waals surface area contributed by atoms with Gasteiger partial charge in [-0.2, -0.15) is 0 Å². The summed E-state index contributed by atoms with van der Waals surface area (Å²) < 4.78 is 40.3. The number of alkyl halides is 1. The van der Waals surface area contributed by atoms with Crippen LogP contribution in [0.2, 0.25) is 0 Å². The summed E-state index contributed by atoms with van der Waals surface area (Å²) in [6, 6.07) is 16.7. The lowest BCUT2D eigenvalue weighted by molar-refractivity contribution is 0.165. The van der Waals surface area contributed by atoms with Gasteiger partial charge in [-0.05, 0) is 74.3 Å². The van der Waals surface area contributed by atoms with Crippen molar-refractivity contribution in [1.29, 1.82) is 0 Å². The standard InChI is InChI=1S/C30H31F2NO4/c1-18(33-12-11-20(15-31)16-33)17-36-24-7-3-21(4-8-24)30-29(26-10-6-22(34)13-27(26)32)19(2)25-9-5-23(35)14-28(25)37-30/h3-10,13-14,18,20,30,34-35H,11-12,15-17H2,1-2H3. The summed E-state index contributed by atoms with van der Waals surface area (Å²) in [6.07, 6.45) is 0.248. The van der Waals surface area contributed by atoms with E-state index in [2.05, 4.69) is 11.8 Å². The van der Waals surface area contributed by atoms with Gasteiger partial charge in [0.1, 0.15) is 41.5 Å². The first-order chi connectivity index (χ1) is 17.8. The molecule has 3 unspecified atom stereocenters. The van der Waals surface area contributed by atoms with Crippen LogP contribution in [0.15, 0.2) is 60.7 Å². The normalized spacial score (nSPS) is 20.4. The molecule has 7 heteroatoms. The summed E-state index contributed by atoms with van der Waals surface area (Å²) in [4.78, 5) is 2.26. The Morgan fingerprint density at radius 1 is 1.03 bits per heavy atom. The van der Waals surface area contributed by atoms with Gasteiger partial charge in [0.05, 0.1) is 6.67 Å². The number of fused-ring (bicyclic) bond motifs is 1. The lowest BCUT2D eigenvalue weighted by Crippen LogP contribution is -2.35. The third kappa shape index (κ3) is 5.14. The third-order valence-electron chi connectivity index (χ3n) is 7.36. The topological polar surface area (TPSA) is 62.2 Å². The molecule has 0 aromatic heterocycles. The van der Waals surface area contributed by atoms with E-state index in [1.165, 1.54) is 6.07 Å². The molecule has 2 aliphatic rings. The van der Waals surface area contributed by atoms with E-state index in [0.717, 1.165) is 42.3 Å². The summed E-state index contributed by atoms with van der Waals surface area (Å²) in [5.41, 5.74) is 3.37. The smallest absolute Gasteiger partial charge is 0.150 e. The van der Waals surface area contributed by atoms with Crippen LogP contribution in [-0.2, 0) is 0 Å². The predicted octanol–water partition coefficient (Wildman–Crippen LogP) is 6.36. The van der Waals surface area contributed by atoms with Gasteiger partial charge in [0.25, 0.3) is 0 Å². The van der Waals surface area contributed by atoms with Crippen LogP contribution < -0.4 is 9.47 Å². The van der Waals surface area contributed by atoms with Crippen molar-refractivity contribution in [1.82, 2.24) is 4.90 Å². The Labute approximate surface area is 215 Å². The fraction of sp³-hybridized carbons (Fsp3) is 0.333. The first-order valence-corrected chi connectivity index (χ1v) is 12.6. The highest BCUT2D eigenvalue weighted by Gasteiger charge is 2.31. The van der Waals surface area contributed by atoms with Gasteiger partial charge in [-0.25, -0.2) is 4.39 Å². The lowest BCUT2D eigenvalue weighted by atomic mass is 9.86. The number of rotatable bonds is 7. The molecule has 3 aromatic carbocycles. The predicted molar refractivity (Wildman–Crippen MR) is 139 cm³/mol. The number of likely N-dealkylation sites (tertiary alicyclic amines) is 1. The molecule has 3 aromatic rings. The number of ether oxygens (including phenoxy) is 2. The maximum absolute atomic E-state index is 15.0. The van der Waals surface area contributed by atoms with E-state index in [9.17, 15) is 14.6 Å². The monoisotopic (exact) mass is 507 g/mol. The molecule has 5 nitrogen and oxygen atoms in total. The molecule has 37 heavy (non-hydrogen) atoms. The molecular formula is C30H31F2NO4. The molecule has 194 valence electrons. The van der Waals surface area contributed by atoms with Gasteiger partial charge in [-0.3, -0.25) is 9.29 Å². The van der Waals surface area contributed by atoms with Crippen molar-refractivity contribution in [2.75, 3.05) is 26.4 Å². The van der Waals surface area contributed by atoms with Crippen LogP contribution >= 0.6 is 0 Å². The van der Waals surface area contributed by atoms with Gasteiger partial charge in [0.2, 0.25) is 0 Å². The second-order valence-corrected chi connectivity index (χ2v) is 9.91. The van der Waals surface area contributed by atoms with E-state index in [4.69, 9.17) is 9.47 Å². The Bertz CT molecular complexity index is 1310. The molecule has 0 aliphatic carbocycles. The zero-order valence-electron chi connectivity index (χ0n) is 21.0. The summed E-state index contributed by atoms with van der Waals surface area (Å²) in [5, 5.41) is 19.8. The second-order valence-electron chi connectivity index (χ2n) is 9.91. The summed E-state index contributed by atoms with van der Waals surface area (Å²) in [6.45, 7) is 5.85. The van der Waals surface area contributed by atoms with Crippen molar-refractivity contribution >= 4 is 11.1 Å². The van der Waals surface area contributed by atoms with Gasteiger partial charge < -0.3 is 19.7 Å². The van der Waals surface area contributed by atoms with E-state index in [0.29, 0.717) is 29.2 Å². The van der Waals surface area contributed by atoms with Crippen LogP contribution in [-0.4, -0.2) is 47.5 Å². The zero-order chi connectivity index (χ0) is 26.1. The first-order valence-electron chi connectivity index (χ1n) is 12.6. The average molecular weight is 508 g/mol. The van der Waals surface area contributed by atoms with Crippen molar-refractivity contribution < 1.29 is 28.5 Å². The minimum absolute atomic E-state index is 0.0817. The largest absolute Gasteiger partial charge is 0.508 e. The van der Waals surface area contributed by atoms with Crippen molar-refractivity contribution in [3.63, 3.8) is 0 Å². The maximum atomic E-state index is 15.0. The van der Waals surface area contributed by atoms with Crippen molar-refractivity contribution in [2.45, 2.75) is 32.4 Å². The fourth-order valence-corrected chi connectivity index (χ4v) is 5.20. The van der Waals surface area contributed by atoms with Crippen molar-refractivity contribution in [2.24, 2.45) is 5.92 Å². The van der Waals surface area contributed by atoms with Gasteiger partial charge in [0, 0.05) is 47.3 Å². The molecule has 0 spiro atoms. The Morgan fingerprint density at radius 3 is 2.41 bits per heavy atom. The number of allylic oxidation sites excluding steroid dienone is 1. The van der Waals surface area contributed by atoms with Crippen LogP contribution in [0, 0.1) is 11.7 Å². The number of phenolic OH excluding ortho intramolecular Hbond substituents is 2. The highest BCUT2D eigenvalue weighted by Crippen LogP contribution is 2.48. The average Bonchev–Trinajstić information content (AvgIpc) is 3.38. The highest BCUT2D eigenvalue weighted by molar-refractivity contribution is 5.95. The SMILES string of the molecule is CC1=C(c2ccc(O)cc2F)C(c2ccc(OCC(C)N3CCC(CF)C3)cc2)Oc2cc(O)ccc21. The molecule has 3 atom stereocenters. The second kappa shape index (κ2) is 10.4. The quantitative estimate of drug-likeness (QED) is 0.390. The van der Waals surface area contributed by atoms with E-state index in [1.807, 2.05) is 31.2 Å². The van der Waals surface area contributed by atoms with Gasteiger partial charge in [-0.1, -0.05) is 12.1 Å². The Morgan fingerprint density at radius 2 is 1.73 bits per heavy atom. The van der Waals surface area contributed by atoms with Crippen LogP contribution in [0.25, 0.3) is 11.1 Å². The minimum Gasteiger partial charge on any atom is -0.508 e. The number of aromatic hydroxyl groups is 2. The van der Waals surface area contributed by atoms with Crippen LogP contribution in [0.3, 0.4) is 0 Å². The zero-order valence-corrected chi connectivity index (χ0v) is 21.0. The molecule has 1 saturated heterocycles. The molecule has 0 saturated carbocycles. The van der Waals surface area contributed by atoms with Crippen molar-refractivity contribution in [3.8, 4) is 23.0 Å².